The molecule has 0 spiro atoms. The monoisotopic (exact) mass is 333 g/mol. The van der Waals surface area contributed by atoms with E-state index in [0.29, 0.717) is 5.82 Å². The van der Waals surface area contributed by atoms with Crippen LogP contribution >= 0.6 is 0 Å². The van der Waals surface area contributed by atoms with Gasteiger partial charge in [0.2, 0.25) is 0 Å². The summed E-state index contributed by atoms with van der Waals surface area (Å²) in [5.74, 6) is 1.48. The van der Waals surface area contributed by atoms with Gasteiger partial charge >= 0.3 is 0 Å². The van der Waals surface area contributed by atoms with E-state index in [1.165, 1.54) is 5.52 Å². The van der Waals surface area contributed by atoms with E-state index in [9.17, 15) is 0 Å². The molecule has 4 aromatic rings. The van der Waals surface area contributed by atoms with E-state index in [2.05, 4.69) is 36.2 Å². The van der Waals surface area contributed by atoms with Crippen LogP contribution in [0.3, 0.4) is 0 Å². The third-order valence-corrected chi connectivity index (χ3v) is 4.02. The maximum Gasteiger partial charge on any atom is 0.175 e. The van der Waals surface area contributed by atoms with Gasteiger partial charge in [0.1, 0.15) is 5.82 Å². The lowest BCUT2D eigenvalue weighted by molar-refractivity contribution is 0.676. The second-order valence-electron chi connectivity index (χ2n) is 5.89. The maximum absolute atomic E-state index is 4.41. The zero-order valence-electron chi connectivity index (χ0n) is 14.0. The first-order valence-corrected chi connectivity index (χ1v) is 8.30. The van der Waals surface area contributed by atoms with Crippen molar-refractivity contribution in [3.8, 4) is 5.82 Å². The molecule has 0 aliphatic heterocycles. The van der Waals surface area contributed by atoms with Crippen LogP contribution in [0.15, 0.2) is 55.0 Å². The van der Waals surface area contributed by atoms with Crippen LogP contribution in [0.1, 0.15) is 12.1 Å². The number of nitrogens with one attached hydrogen (secondary N) is 1. The van der Waals surface area contributed by atoms with E-state index in [1.807, 2.05) is 55.8 Å². The molecular weight excluding hydrogens is 314 g/mol. The molecule has 0 fully saturated rings. The Kier molecular flexibility index (Phi) is 4.12. The van der Waals surface area contributed by atoms with Crippen molar-refractivity contribution in [2.75, 3.05) is 11.9 Å². The smallest absolute Gasteiger partial charge is 0.175 e. The van der Waals surface area contributed by atoms with Crippen LogP contribution in [0.4, 0.5) is 5.82 Å². The van der Waals surface area contributed by atoms with Gasteiger partial charge < -0.3 is 9.88 Å². The predicted octanol–water partition coefficient (Wildman–Crippen LogP) is 2.82. The molecule has 3 heterocycles. The highest BCUT2D eigenvalue weighted by molar-refractivity contribution is 5.74. The summed E-state index contributed by atoms with van der Waals surface area (Å²) in [4.78, 5) is 4.41. The fourth-order valence-corrected chi connectivity index (χ4v) is 2.74. The van der Waals surface area contributed by atoms with E-state index in [1.54, 1.807) is 4.68 Å². The fourth-order valence-electron chi connectivity index (χ4n) is 2.74. The molecule has 1 N–H and O–H groups in total. The van der Waals surface area contributed by atoms with Gasteiger partial charge in [-0.15, -0.1) is 10.2 Å². The lowest BCUT2D eigenvalue weighted by Crippen LogP contribution is -2.08. The van der Waals surface area contributed by atoms with E-state index >= 15 is 0 Å². The molecule has 7 heteroatoms. The first kappa shape index (κ1) is 15.3. The molecule has 3 aromatic heterocycles. The Labute approximate surface area is 145 Å². The molecule has 7 nitrogen and oxygen atoms in total. The molecule has 1 aromatic carbocycles. The van der Waals surface area contributed by atoms with Crippen LogP contribution in [-0.4, -0.2) is 36.1 Å². The summed E-state index contributed by atoms with van der Waals surface area (Å²) >= 11 is 0. The van der Waals surface area contributed by atoms with Crippen molar-refractivity contribution in [1.82, 2.24) is 29.5 Å². The van der Waals surface area contributed by atoms with Gasteiger partial charge in [-0.05, 0) is 43.7 Å². The Balaban J connectivity index is 1.31. The largest absolute Gasteiger partial charge is 0.369 e. The summed E-state index contributed by atoms with van der Waals surface area (Å²) in [6, 6.07) is 13.9. The zero-order valence-corrected chi connectivity index (χ0v) is 14.0. The van der Waals surface area contributed by atoms with Gasteiger partial charge in [-0.25, -0.2) is 9.67 Å². The first-order valence-electron chi connectivity index (χ1n) is 8.30. The quantitative estimate of drug-likeness (QED) is 0.549. The fraction of sp³-hybridized carbons (Fsp3) is 0.222. The summed E-state index contributed by atoms with van der Waals surface area (Å²) < 4.78 is 3.89. The van der Waals surface area contributed by atoms with E-state index in [-0.39, 0.29) is 0 Å². The Bertz CT molecular complexity index is 968. The summed E-state index contributed by atoms with van der Waals surface area (Å²) in [6.45, 7) is 3.68. The number of para-hydroxylation sites is 2. The minimum absolute atomic E-state index is 0.712. The number of aryl methyl sites for hydroxylation is 2. The lowest BCUT2D eigenvalue weighted by Gasteiger charge is -2.07. The van der Waals surface area contributed by atoms with E-state index < -0.39 is 0 Å². The standard InChI is InChI=1S/C18H19N7/c1-14-9-12-25(23-14)18-8-7-17(21-22-18)19-10-4-11-24-13-20-15-5-2-3-6-16(15)24/h2-3,5-9,12-13H,4,10-11H2,1H3,(H,19,21). The molecule has 0 saturated heterocycles. The number of benzene rings is 1. The van der Waals surface area contributed by atoms with E-state index in [0.717, 1.165) is 36.5 Å². The molecule has 0 aliphatic rings. The number of fused-ring (bicyclic) bond motifs is 1. The Morgan fingerprint density at radius 3 is 2.76 bits per heavy atom. The number of imidazole rings is 1. The average molecular weight is 333 g/mol. The zero-order chi connectivity index (χ0) is 17.1. The first-order chi connectivity index (χ1) is 12.3. The highest BCUT2D eigenvalue weighted by Gasteiger charge is 2.03. The lowest BCUT2D eigenvalue weighted by atomic mass is 10.3. The summed E-state index contributed by atoms with van der Waals surface area (Å²) in [6.07, 6.45) is 4.75. The Hall–Kier alpha value is -3.22. The molecule has 4 rings (SSSR count). The van der Waals surface area contributed by atoms with E-state index in [4.69, 9.17) is 0 Å². The van der Waals surface area contributed by atoms with Crippen LogP contribution in [0, 0.1) is 6.92 Å². The van der Waals surface area contributed by atoms with Crippen LogP contribution in [0.25, 0.3) is 16.9 Å². The Morgan fingerprint density at radius 1 is 1.04 bits per heavy atom. The molecule has 25 heavy (non-hydrogen) atoms. The molecule has 0 radical (unpaired) electrons. The molecule has 0 atom stereocenters. The van der Waals surface area contributed by atoms with Crippen LogP contribution in [0.2, 0.25) is 0 Å². The second-order valence-corrected chi connectivity index (χ2v) is 5.89. The van der Waals surface area contributed by atoms with Gasteiger partial charge in [0.15, 0.2) is 5.82 Å². The highest BCUT2D eigenvalue weighted by Crippen LogP contribution is 2.12. The maximum atomic E-state index is 4.41. The summed E-state index contributed by atoms with van der Waals surface area (Å²) in [5, 5.41) is 16.0. The van der Waals surface area contributed by atoms with Crippen molar-refractivity contribution >= 4 is 16.9 Å². The van der Waals surface area contributed by atoms with Crippen LogP contribution in [-0.2, 0) is 6.54 Å². The third-order valence-electron chi connectivity index (χ3n) is 4.02. The number of hydrogen-bond acceptors (Lipinski definition) is 5. The minimum Gasteiger partial charge on any atom is -0.369 e. The Morgan fingerprint density at radius 2 is 1.96 bits per heavy atom. The third kappa shape index (κ3) is 3.35. The van der Waals surface area contributed by atoms with Gasteiger partial charge in [0.05, 0.1) is 23.1 Å². The normalized spacial score (nSPS) is 11.1. The number of aromatic nitrogens is 6. The van der Waals surface area contributed by atoms with Crippen LogP contribution < -0.4 is 5.32 Å². The van der Waals surface area contributed by atoms with Gasteiger partial charge in [-0.1, -0.05) is 12.1 Å². The summed E-state index contributed by atoms with van der Waals surface area (Å²) in [7, 11) is 0. The van der Waals surface area contributed by atoms with Crippen LogP contribution in [0.5, 0.6) is 0 Å². The molecule has 0 unspecified atom stereocenters. The SMILES string of the molecule is Cc1ccn(-c2ccc(NCCCn3cnc4ccccc43)nn2)n1. The molecule has 0 aliphatic carbocycles. The van der Waals surface area contributed by atoms with Gasteiger partial charge in [-0.3, -0.25) is 0 Å². The minimum atomic E-state index is 0.712. The highest BCUT2D eigenvalue weighted by atomic mass is 15.3. The van der Waals surface area contributed by atoms with Crippen molar-refractivity contribution in [2.24, 2.45) is 0 Å². The summed E-state index contributed by atoms with van der Waals surface area (Å²) in [5.41, 5.74) is 3.16. The molecular formula is C18H19N7. The van der Waals surface area contributed by atoms with Gasteiger partial charge in [-0.2, -0.15) is 5.10 Å². The number of rotatable bonds is 6. The predicted molar refractivity (Wildman–Crippen MR) is 96.7 cm³/mol. The number of nitrogens with zero attached hydrogens (tertiary/aromatic N) is 6. The molecule has 0 saturated carbocycles. The molecule has 0 bridgehead atoms. The van der Waals surface area contributed by atoms with Crippen molar-refractivity contribution in [2.45, 2.75) is 19.9 Å². The topological polar surface area (TPSA) is 73.5 Å². The average Bonchev–Trinajstić information content (AvgIpc) is 3.26. The second kappa shape index (κ2) is 6.72. The van der Waals surface area contributed by atoms with Gasteiger partial charge in [0.25, 0.3) is 0 Å². The molecule has 126 valence electrons. The number of anilines is 1. The molecule has 0 amide bonds. The number of hydrogen-bond donors (Lipinski definition) is 1. The van der Waals surface area contributed by atoms with Crippen molar-refractivity contribution in [3.63, 3.8) is 0 Å². The van der Waals surface area contributed by atoms with Crippen molar-refractivity contribution in [1.29, 1.82) is 0 Å². The van der Waals surface area contributed by atoms with Crippen molar-refractivity contribution < 1.29 is 0 Å². The van der Waals surface area contributed by atoms with Gasteiger partial charge in [0, 0.05) is 19.3 Å². The van der Waals surface area contributed by atoms with Crippen molar-refractivity contribution in [3.05, 3.63) is 60.7 Å².